The molecule has 1 aromatic carbocycles. The fourth-order valence-electron chi connectivity index (χ4n) is 2.55. The number of benzene rings is 1. The largest absolute Gasteiger partial charge is 0.416 e. The van der Waals surface area contributed by atoms with Gasteiger partial charge in [-0.15, -0.1) is 0 Å². The molecule has 1 aliphatic rings. The topological polar surface area (TPSA) is 46.9 Å². The first kappa shape index (κ1) is 13.9. The van der Waals surface area contributed by atoms with Gasteiger partial charge in [-0.1, -0.05) is 13.8 Å². The number of halogens is 3. The van der Waals surface area contributed by atoms with Gasteiger partial charge in [-0.3, -0.25) is 4.57 Å². The molecular formula is C14H14F3N3O. The SMILES string of the molecule is CC1(C)CNc2c3cc(C(F)(F)F)ccc3nc(=O)n2C1. The third-order valence-corrected chi connectivity index (χ3v) is 3.62. The van der Waals surface area contributed by atoms with Crippen molar-refractivity contribution in [2.24, 2.45) is 5.41 Å². The summed E-state index contributed by atoms with van der Waals surface area (Å²) < 4.78 is 39.9. The highest BCUT2D eigenvalue weighted by atomic mass is 19.4. The highest BCUT2D eigenvalue weighted by Gasteiger charge is 2.32. The van der Waals surface area contributed by atoms with Crippen LogP contribution >= 0.6 is 0 Å². The summed E-state index contributed by atoms with van der Waals surface area (Å²) in [5.41, 5.74) is -1.08. The second-order valence-electron chi connectivity index (χ2n) is 6.08. The Morgan fingerprint density at radius 3 is 2.71 bits per heavy atom. The molecule has 7 heteroatoms. The highest BCUT2D eigenvalue weighted by molar-refractivity contribution is 5.90. The van der Waals surface area contributed by atoms with E-state index < -0.39 is 17.4 Å². The van der Waals surface area contributed by atoms with E-state index in [1.807, 2.05) is 13.8 Å². The predicted octanol–water partition coefficient (Wildman–Crippen LogP) is 2.87. The van der Waals surface area contributed by atoms with E-state index in [1.165, 1.54) is 10.6 Å². The van der Waals surface area contributed by atoms with Crippen LogP contribution in [0.2, 0.25) is 0 Å². The third kappa shape index (κ3) is 2.36. The molecule has 0 aliphatic carbocycles. The molecule has 0 radical (unpaired) electrons. The van der Waals surface area contributed by atoms with Crippen LogP contribution in [0.4, 0.5) is 19.0 Å². The minimum absolute atomic E-state index is 0.159. The first-order chi connectivity index (χ1) is 9.67. The molecule has 4 nitrogen and oxygen atoms in total. The van der Waals surface area contributed by atoms with E-state index in [2.05, 4.69) is 10.3 Å². The molecule has 21 heavy (non-hydrogen) atoms. The number of hydrogen-bond donors (Lipinski definition) is 1. The number of alkyl halides is 3. The Morgan fingerprint density at radius 2 is 2.05 bits per heavy atom. The minimum Gasteiger partial charge on any atom is -0.370 e. The summed E-state index contributed by atoms with van der Waals surface area (Å²) in [7, 11) is 0. The van der Waals surface area contributed by atoms with Crippen molar-refractivity contribution in [2.75, 3.05) is 11.9 Å². The Balaban J connectivity index is 2.28. The maximum Gasteiger partial charge on any atom is 0.416 e. The molecule has 0 fully saturated rings. The molecule has 0 amide bonds. The van der Waals surface area contributed by atoms with E-state index in [-0.39, 0.29) is 10.9 Å². The van der Waals surface area contributed by atoms with Gasteiger partial charge < -0.3 is 5.32 Å². The van der Waals surface area contributed by atoms with Crippen molar-refractivity contribution < 1.29 is 13.2 Å². The maximum atomic E-state index is 12.8. The van der Waals surface area contributed by atoms with Gasteiger partial charge in [0.2, 0.25) is 0 Å². The summed E-state index contributed by atoms with van der Waals surface area (Å²) in [5.74, 6) is 0.412. The molecule has 0 spiro atoms. The van der Waals surface area contributed by atoms with Crippen LogP contribution in [0.3, 0.4) is 0 Å². The number of nitrogens with one attached hydrogen (secondary N) is 1. The minimum atomic E-state index is -4.42. The number of nitrogens with zero attached hydrogens (tertiary/aromatic N) is 2. The van der Waals surface area contributed by atoms with Crippen LogP contribution in [0.5, 0.6) is 0 Å². The quantitative estimate of drug-likeness (QED) is 0.813. The molecule has 0 saturated carbocycles. The first-order valence-electron chi connectivity index (χ1n) is 6.53. The molecule has 3 rings (SSSR count). The van der Waals surface area contributed by atoms with Crippen LogP contribution in [0.1, 0.15) is 19.4 Å². The van der Waals surface area contributed by atoms with Gasteiger partial charge in [-0.05, 0) is 18.2 Å². The molecular weight excluding hydrogens is 283 g/mol. The third-order valence-electron chi connectivity index (χ3n) is 3.62. The molecule has 1 aliphatic heterocycles. The molecule has 0 saturated heterocycles. The normalized spacial score (nSPS) is 17.4. The second kappa shape index (κ2) is 4.22. The lowest BCUT2D eigenvalue weighted by atomic mass is 9.91. The van der Waals surface area contributed by atoms with E-state index >= 15 is 0 Å². The van der Waals surface area contributed by atoms with Gasteiger partial charge in [0.05, 0.1) is 11.1 Å². The summed E-state index contributed by atoms with van der Waals surface area (Å²) >= 11 is 0. The lowest BCUT2D eigenvalue weighted by Gasteiger charge is -2.33. The summed E-state index contributed by atoms with van der Waals surface area (Å²) in [6.45, 7) is 4.96. The van der Waals surface area contributed by atoms with Crippen molar-refractivity contribution in [3.63, 3.8) is 0 Å². The number of anilines is 1. The molecule has 2 aromatic rings. The van der Waals surface area contributed by atoms with Crippen molar-refractivity contribution >= 4 is 16.7 Å². The maximum absolute atomic E-state index is 12.8. The van der Waals surface area contributed by atoms with Gasteiger partial charge in [-0.2, -0.15) is 18.2 Å². The first-order valence-corrected chi connectivity index (χ1v) is 6.53. The molecule has 0 atom stereocenters. The van der Waals surface area contributed by atoms with Crippen LogP contribution in [0, 0.1) is 5.41 Å². The fourth-order valence-corrected chi connectivity index (χ4v) is 2.55. The Bertz CT molecular complexity index is 777. The van der Waals surface area contributed by atoms with E-state index in [4.69, 9.17) is 0 Å². The van der Waals surface area contributed by atoms with Crippen LogP contribution in [0.15, 0.2) is 23.0 Å². The van der Waals surface area contributed by atoms with Gasteiger partial charge >= 0.3 is 11.9 Å². The Morgan fingerprint density at radius 1 is 1.33 bits per heavy atom. The van der Waals surface area contributed by atoms with Gasteiger partial charge in [-0.25, -0.2) is 4.79 Å². The van der Waals surface area contributed by atoms with Gasteiger partial charge in [0.1, 0.15) is 5.82 Å². The second-order valence-corrected chi connectivity index (χ2v) is 6.08. The van der Waals surface area contributed by atoms with Crippen molar-refractivity contribution in [3.8, 4) is 0 Å². The molecule has 0 unspecified atom stereocenters. The lowest BCUT2D eigenvalue weighted by Crippen LogP contribution is -2.40. The van der Waals surface area contributed by atoms with Crippen LogP contribution < -0.4 is 11.0 Å². The Labute approximate surface area is 118 Å². The zero-order valence-electron chi connectivity index (χ0n) is 11.6. The lowest BCUT2D eigenvalue weighted by molar-refractivity contribution is -0.137. The summed E-state index contributed by atoms with van der Waals surface area (Å²) in [6, 6.07) is 3.22. The van der Waals surface area contributed by atoms with Crippen LogP contribution in [-0.2, 0) is 12.7 Å². The van der Waals surface area contributed by atoms with E-state index in [1.54, 1.807) is 0 Å². The average Bonchev–Trinajstić information content (AvgIpc) is 2.36. The Kier molecular flexibility index (Phi) is 2.80. The zero-order chi connectivity index (χ0) is 15.4. The Hall–Kier alpha value is -2.05. The highest BCUT2D eigenvalue weighted by Crippen LogP contribution is 2.34. The number of aromatic nitrogens is 2. The summed E-state index contributed by atoms with van der Waals surface area (Å²) in [6.07, 6.45) is -4.42. The van der Waals surface area contributed by atoms with Crippen molar-refractivity contribution in [1.29, 1.82) is 0 Å². The standard InChI is InChI=1S/C14H14F3N3O/c1-13(2)6-18-11-9-5-8(14(15,16)17)3-4-10(9)19-12(21)20(11)7-13/h3-5,18H,6-7H2,1-2H3. The molecule has 112 valence electrons. The zero-order valence-corrected chi connectivity index (χ0v) is 11.6. The number of fused-ring (bicyclic) bond motifs is 3. The van der Waals surface area contributed by atoms with Crippen molar-refractivity contribution in [3.05, 3.63) is 34.2 Å². The van der Waals surface area contributed by atoms with Gasteiger partial charge in [0.25, 0.3) is 0 Å². The van der Waals surface area contributed by atoms with Crippen molar-refractivity contribution in [1.82, 2.24) is 9.55 Å². The average molecular weight is 297 g/mol. The van der Waals surface area contributed by atoms with Crippen LogP contribution in [0.25, 0.3) is 10.9 Å². The van der Waals surface area contributed by atoms with E-state index in [0.717, 1.165) is 12.1 Å². The van der Waals surface area contributed by atoms with E-state index in [0.29, 0.717) is 24.3 Å². The molecule has 1 N–H and O–H groups in total. The van der Waals surface area contributed by atoms with Crippen LogP contribution in [-0.4, -0.2) is 16.1 Å². The molecule has 0 bridgehead atoms. The molecule has 2 heterocycles. The van der Waals surface area contributed by atoms with Gasteiger partial charge in [0, 0.05) is 23.9 Å². The van der Waals surface area contributed by atoms with Gasteiger partial charge in [0.15, 0.2) is 0 Å². The fraction of sp³-hybridized carbons (Fsp3) is 0.429. The molecule has 1 aromatic heterocycles. The summed E-state index contributed by atoms with van der Waals surface area (Å²) in [4.78, 5) is 15.9. The smallest absolute Gasteiger partial charge is 0.370 e. The number of hydrogen-bond acceptors (Lipinski definition) is 3. The van der Waals surface area contributed by atoms with E-state index in [9.17, 15) is 18.0 Å². The predicted molar refractivity (Wildman–Crippen MR) is 73.3 cm³/mol. The monoisotopic (exact) mass is 297 g/mol. The summed E-state index contributed by atoms with van der Waals surface area (Å²) in [5, 5.41) is 3.39. The van der Waals surface area contributed by atoms with Crippen molar-refractivity contribution in [2.45, 2.75) is 26.6 Å². The number of rotatable bonds is 0.